The van der Waals surface area contributed by atoms with Crippen LogP contribution in [0.25, 0.3) is 0 Å². The van der Waals surface area contributed by atoms with E-state index in [1.54, 1.807) is 4.68 Å². The molecule has 0 bridgehead atoms. The lowest BCUT2D eigenvalue weighted by Crippen LogP contribution is -2.14. The van der Waals surface area contributed by atoms with Crippen LogP contribution in [0, 0.1) is 6.92 Å². The molecule has 1 aromatic heterocycles. The Labute approximate surface area is 115 Å². The van der Waals surface area contributed by atoms with Gasteiger partial charge in [-0.05, 0) is 36.4 Å². The molecule has 19 heavy (non-hydrogen) atoms. The van der Waals surface area contributed by atoms with Crippen molar-refractivity contribution in [1.82, 2.24) is 20.2 Å². The van der Waals surface area contributed by atoms with Crippen LogP contribution >= 0.6 is 11.8 Å². The number of amides is 1. The SMILES string of the molecule is CCn1nnnc1SCC(=O)Nc1ccc(C)cc1. The Hall–Kier alpha value is -1.89. The second-order valence-electron chi connectivity index (χ2n) is 3.98. The van der Waals surface area contributed by atoms with Crippen molar-refractivity contribution in [3.8, 4) is 0 Å². The molecule has 0 saturated heterocycles. The summed E-state index contributed by atoms with van der Waals surface area (Å²) in [5, 5.41) is 14.7. The van der Waals surface area contributed by atoms with Crippen molar-refractivity contribution in [3.63, 3.8) is 0 Å². The number of nitrogens with zero attached hydrogens (tertiary/aromatic N) is 4. The van der Waals surface area contributed by atoms with E-state index in [4.69, 9.17) is 0 Å². The Balaban J connectivity index is 1.86. The number of carbonyl (C=O) groups excluding carboxylic acids is 1. The van der Waals surface area contributed by atoms with Gasteiger partial charge in [0, 0.05) is 12.2 Å². The summed E-state index contributed by atoms with van der Waals surface area (Å²) in [6.45, 7) is 4.65. The van der Waals surface area contributed by atoms with Gasteiger partial charge in [0.1, 0.15) is 0 Å². The summed E-state index contributed by atoms with van der Waals surface area (Å²) in [5.41, 5.74) is 1.96. The minimum Gasteiger partial charge on any atom is -0.325 e. The van der Waals surface area contributed by atoms with Crippen molar-refractivity contribution in [2.45, 2.75) is 25.5 Å². The number of carbonyl (C=O) groups is 1. The molecule has 6 nitrogen and oxygen atoms in total. The minimum absolute atomic E-state index is 0.0699. The maximum atomic E-state index is 11.8. The number of rotatable bonds is 5. The molecule has 0 fully saturated rings. The first-order valence-electron chi connectivity index (χ1n) is 5.94. The third kappa shape index (κ3) is 3.78. The van der Waals surface area contributed by atoms with Crippen LogP contribution in [0.2, 0.25) is 0 Å². The zero-order valence-electron chi connectivity index (χ0n) is 10.8. The molecular formula is C12H15N5OS. The third-order valence-electron chi connectivity index (χ3n) is 2.47. The molecule has 0 aliphatic carbocycles. The van der Waals surface area contributed by atoms with E-state index >= 15 is 0 Å². The molecule has 0 saturated carbocycles. The number of tetrazole rings is 1. The fourth-order valence-corrected chi connectivity index (χ4v) is 2.20. The van der Waals surface area contributed by atoms with Crippen LogP contribution in [0.3, 0.4) is 0 Å². The van der Waals surface area contributed by atoms with Crippen LogP contribution in [0.5, 0.6) is 0 Å². The van der Waals surface area contributed by atoms with Gasteiger partial charge in [0.05, 0.1) is 5.75 Å². The molecular weight excluding hydrogens is 262 g/mol. The van der Waals surface area contributed by atoms with E-state index in [2.05, 4.69) is 20.8 Å². The van der Waals surface area contributed by atoms with E-state index in [1.165, 1.54) is 11.8 Å². The Morgan fingerprint density at radius 1 is 1.37 bits per heavy atom. The highest BCUT2D eigenvalue weighted by Crippen LogP contribution is 2.14. The second kappa shape index (κ2) is 6.33. The number of hydrogen-bond donors (Lipinski definition) is 1. The van der Waals surface area contributed by atoms with Crippen molar-refractivity contribution in [1.29, 1.82) is 0 Å². The van der Waals surface area contributed by atoms with Gasteiger partial charge in [-0.3, -0.25) is 4.79 Å². The van der Waals surface area contributed by atoms with Gasteiger partial charge in [0.15, 0.2) is 0 Å². The maximum absolute atomic E-state index is 11.8. The number of hydrogen-bond acceptors (Lipinski definition) is 5. The van der Waals surface area contributed by atoms with Crippen LogP contribution in [-0.2, 0) is 11.3 Å². The largest absolute Gasteiger partial charge is 0.325 e. The first kappa shape index (κ1) is 13.5. The minimum atomic E-state index is -0.0699. The number of benzene rings is 1. The highest BCUT2D eigenvalue weighted by molar-refractivity contribution is 7.99. The first-order chi connectivity index (χ1) is 9.19. The zero-order chi connectivity index (χ0) is 13.7. The van der Waals surface area contributed by atoms with E-state index in [0.717, 1.165) is 11.3 Å². The maximum Gasteiger partial charge on any atom is 0.234 e. The van der Waals surface area contributed by atoms with Crippen molar-refractivity contribution in [3.05, 3.63) is 29.8 Å². The van der Waals surface area contributed by atoms with Gasteiger partial charge in [0.2, 0.25) is 11.1 Å². The number of nitrogens with one attached hydrogen (secondary N) is 1. The second-order valence-corrected chi connectivity index (χ2v) is 4.92. The molecule has 0 atom stereocenters. The van der Waals surface area contributed by atoms with Gasteiger partial charge in [0.25, 0.3) is 0 Å². The van der Waals surface area contributed by atoms with Crippen molar-refractivity contribution >= 4 is 23.4 Å². The molecule has 0 aliphatic heterocycles. The Bertz CT molecular complexity index is 552. The fourth-order valence-electron chi connectivity index (χ4n) is 1.46. The fraction of sp³-hybridized carbons (Fsp3) is 0.333. The molecule has 0 radical (unpaired) electrons. The quantitative estimate of drug-likeness (QED) is 0.843. The molecule has 1 aromatic carbocycles. The highest BCUT2D eigenvalue weighted by Gasteiger charge is 2.08. The summed E-state index contributed by atoms with van der Waals surface area (Å²) in [4.78, 5) is 11.8. The molecule has 1 N–H and O–H groups in total. The van der Waals surface area contributed by atoms with Crippen molar-refractivity contribution in [2.75, 3.05) is 11.1 Å². The van der Waals surface area contributed by atoms with Crippen LogP contribution in [-0.4, -0.2) is 31.9 Å². The van der Waals surface area contributed by atoms with Gasteiger partial charge in [-0.25, -0.2) is 4.68 Å². The van der Waals surface area contributed by atoms with Gasteiger partial charge in [-0.1, -0.05) is 29.5 Å². The van der Waals surface area contributed by atoms with Crippen LogP contribution in [0.15, 0.2) is 29.4 Å². The number of aromatic nitrogens is 4. The van der Waals surface area contributed by atoms with E-state index in [9.17, 15) is 4.79 Å². The Morgan fingerprint density at radius 3 is 2.79 bits per heavy atom. The van der Waals surface area contributed by atoms with Gasteiger partial charge >= 0.3 is 0 Å². The summed E-state index contributed by atoms with van der Waals surface area (Å²) in [7, 11) is 0. The summed E-state index contributed by atoms with van der Waals surface area (Å²) in [6.07, 6.45) is 0. The van der Waals surface area contributed by atoms with E-state index in [-0.39, 0.29) is 11.7 Å². The van der Waals surface area contributed by atoms with E-state index in [0.29, 0.717) is 11.7 Å². The average Bonchev–Trinajstić information content (AvgIpc) is 2.86. The summed E-state index contributed by atoms with van der Waals surface area (Å²) < 4.78 is 1.66. The zero-order valence-corrected chi connectivity index (χ0v) is 11.6. The molecule has 100 valence electrons. The van der Waals surface area contributed by atoms with Crippen LogP contribution in [0.1, 0.15) is 12.5 Å². The lowest BCUT2D eigenvalue weighted by molar-refractivity contribution is -0.113. The Morgan fingerprint density at radius 2 is 2.11 bits per heavy atom. The van der Waals surface area contributed by atoms with Crippen molar-refractivity contribution < 1.29 is 4.79 Å². The molecule has 2 aromatic rings. The normalized spacial score (nSPS) is 10.4. The van der Waals surface area contributed by atoms with E-state index < -0.39 is 0 Å². The summed E-state index contributed by atoms with van der Waals surface area (Å²) in [5.74, 6) is 0.216. The Kier molecular flexibility index (Phi) is 4.51. The van der Waals surface area contributed by atoms with E-state index in [1.807, 2.05) is 38.1 Å². The predicted octanol–water partition coefficient (Wildman–Crippen LogP) is 1.73. The molecule has 0 unspecified atom stereocenters. The molecule has 0 spiro atoms. The number of anilines is 1. The lowest BCUT2D eigenvalue weighted by Gasteiger charge is -2.05. The lowest BCUT2D eigenvalue weighted by atomic mass is 10.2. The predicted molar refractivity (Wildman–Crippen MR) is 74.0 cm³/mol. The first-order valence-corrected chi connectivity index (χ1v) is 6.93. The topological polar surface area (TPSA) is 72.7 Å². The van der Waals surface area contributed by atoms with Gasteiger partial charge in [-0.2, -0.15) is 0 Å². The number of aryl methyl sites for hydroxylation is 2. The summed E-state index contributed by atoms with van der Waals surface area (Å²) in [6, 6.07) is 7.68. The smallest absolute Gasteiger partial charge is 0.234 e. The molecule has 7 heteroatoms. The molecule has 1 amide bonds. The average molecular weight is 277 g/mol. The van der Waals surface area contributed by atoms with Gasteiger partial charge < -0.3 is 5.32 Å². The number of thioether (sulfide) groups is 1. The summed E-state index contributed by atoms with van der Waals surface area (Å²) >= 11 is 1.32. The van der Waals surface area contributed by atoms with Crippen LogP contribution < -0.4 is 5.32 Å². The standard InChI is InChI=1S/C12H15N5OS/c1-3-17-12(14-15-16-17)19-8-11(18)13-10-6-4-9(2)5-7-10/h4-7H,3,8H2,1-2H3,(H,13,18). The van der Waals surface area contributed by atoms with Gasteiger partial charge in [-0.15, -0.1) is 5.10 Å². The molecule has 2 rings (SSSR count). The third-order valence-corrected chi connectivity index (χ3v) is 3.42. The molecule has 1 heterocycles. The highest BCUT2D eigenvalue weighted by atomic mass is 32.2. The molecule has 0 aliphatic rings. The monoisotopic (exact) mass is 277 g/mol. The van der Waals surface area contributed by atoms with Crippen LogP contribution in [0.4, 0.5) is 5.69 Å². The van der Waals surface area contributed by atoms with Crippen molar-refractivity contribution in [2.24, 2.45) is 0 Å².